The van der Waals surface area contributed by atoms with E-state index in [1.807, 2.05) is 29.2 Å². The normalized spacial score (nSPS) is 13.5. The van der Waals surface area contributed by atoms with Gasteiger partial charge < -0.3 is 9.80 Å². The Bertz CT molecular complexity index is 985. The molecule has 0 N–H and O–H groups in total. The SMILES string of the molecule is CN(C)Cc1ccc2c(c1)CCN(C(=O)c1cncc(-c3ccccn3)c1)C2. The van der Waals surface area contributed by atoms with Crippen molar-refractivity contribution >= 4 is 5.91 Å². The molecule has 0 fully saturated rings. The summed E-state index contributed by atoms with van der Waals surface area (Å²) in [6.45, 7) is 2.30. The van der Waals surface area contributed by atoms with Gasteiger partial charge in [0, 0.05) is 43.8 Å². The molecule has 142 valence electrons. The molecule has 0 radical (unpaired) electrons. The Labute approximate surface area is 165 Å². The van der Waals surface area contributed by atoms with E-state index in [4.69, 9.17) is 0 Å². The van der Waals surface area contributed by atoms with Crippen LogP contribution in [0.3, 0.4) is 0 Å². The van der Waals surface area contributed by atoms with Gasteiger partial charge in [0.15, 0.2) is 0 Å². The summed E-state index contributed by atoms with van der Waals surface area (Å²) in [4.78, 5) is 25.8. The number of amides is 1. The molecule has 0 saturated carbocycles. The van der Waals surface area contributed by atoms with Gasteiger partial charge in [-0.1, -0.05) is 24.3 Å². The van der Waals surface area contributed by atoms with E-state index >= 15 is 0 Å². The van der Waals surface area contributed by atoms with Crippen LogP contribution in [0.5, 0.6) is 0 Å². The molecule has 3 heterocycles. The average molecular weight is 372 g/mol. The quantitative estimate of drug-likeness (QED) is 0.704. The minimum Gasteiger partial charge on any atom is -0.334 e. The van der Waals surface area contributed by atoms with Crippen molar-refractivity contribution in [1.82, 2.24) is 19.8 Å². The summed E-state index contributed by atoms with van der Waals surface area (Å²) in [5.74, 6) is 0.0216. The van der Waals surface area contributed by atoms with Gasteiger partial charge in [0.05, 0.1) is 11.3 Å². The summed E-state index contributed by atoms with van der Waals surface area (Å²) in [5.41, 5.74) is 6.19. The number of carbonyl (C=O) groups excluding carboxylic acids is 1. The van der Waals surface area contributed by atoms with Crippen molar-refractivity contribution in [2.45, 2.75) is 19.5 Å². The summed E-state index contributed by atoms with van der Waals surface area (Å²) in [5, 5.41) is 0. The number of pyridine rings is 2. The van der Waals surface area contributed by atoms with E-state index in [2.05, 4.69) is 47.2 Å². The number of rotatable bonds is 4. The van der Waals surface area contributed by atoms with E-state index in [0.717, 1.165) is 30.8 Å². The predicted molar refractivity (Wildman–Crippen MR) is 110 cm³/mol. The van der Waals surface area contributed by atoms with Crippen LogP contribution < -0.4 is 0 Å². The van der Waals surface area contributed by atoms with Gasteiger partial charge in [-0.25, -0.2) is 0 Å². The maximum Gasteiger partial charge on any atom is 0.255 e. The molecule has 0 bridgehead atoms. The molecule has 1 aliphatic rings. The smallest absolute Gasteiger partial charge is 0.255 e. The van der Waals surface area contributed by atoms with Crippen LogP contribution in [-0.4, -0.2) is 46.3 Å². The Morgan fingerprint density at radius 1 is 1.11 bits per heavy atom. The van der Waals surface area contributed by atoms with Crippen LogP contribution in [0.15, 0.2) is 61.1 Å². The summed E-state index contributed by atoms with van der Waals surface area (Å²) < 4.78 is 0. The molecule has 3 aromatic rings. The predicted octanol–water partition coefficient (Wildman–Crippen LogP) is 3.40. The zero-order valence-corrected chi connectivity index (χ0v) is 16.3. The minimum absolute atomic E-state index is 0.0216. The summed E-state index contributed by atoms with van der Waals surface area (Å²) >= 11 is 0. The zero-order valence-electron chi connectivity index (χ0n) is 16.3. The van der Waals surface area contributed by atoms with Crippen LogP contribution in [-0.2, 0) is 19.5 Å². The van der Waals surface area contributed by atoms with Gasteiger partial charge >= 0.3 is 0 Å². The number of nitrogens with zero attached hydrogens (tertiary/aromatic N) is 4. The first kappa shape index (κ1) is 18.3. The van der Waals surface area contributed by atoms with Crippen molar-refractivity contribution in [2.24, 2.45) is 0 Å². The molecule has 1 aliphatic heterocycles. The molecule has 4 rings (SSSR count). The van der Waals surface area contributed by atoms with Gasteiger partial charge in [0.2, 0.25) is 0 Å². The van der Waals surface area contributed by atoms with E-state index in [9.17, 15) is 4.79 Å². The molecule has 5 heteroatoms. The van der Waals surface area contributed by atoms with Crippen molar-refractivity contribution in [3.05, 3.63) is 83.3 Å². The lowest BCUT2D eigenvalue weighted by molar-refractivity contribution is 0.0734. The Hall–Kier alpha value is -3.05. The monoisotopic (exact) mass is 372 g/mol. The lowest BCUT2D eigenvalue weighted by atomic mass is 9.96. The van der Waals surface area contributed by atoms with Crippen LogP contribution in [0.25, 0.3) is 11.3 Å². The highest BCUT2D eigenvalue weighted by molar-refractivity contribution is 5.95. The molecule has 0 atom stereocenters. The van der Waals surface area contributed by atoms with Crippen molar-refractivity contribution in [2.75, 3.05) is 20.6 Å². The lowest BCUT2D eigenvalue weighted by Gasteiger charge is -2.29. The highest BCUT2D eigenvalue weighted by atomic mass is 16.2. The molecule has 0 aliphatic carbocycles. The van der Waals surface area contributed by atoms with E-state index in [1.54, 1.807) is 18.6 Å². The second-order valence-electron chi connectivity index (χ2n) is 7.49. The third-order valence-electron chi connectivity index (χ3n) is 5.01. The molecule has 5 nitrogen and oxygen atoms in total. The van der Waals surface area contributed by atoms with Crippen molar-refractivity contribution in [3.63, 3.8) is 0 Å². The van der Waals surface area contributed by atoms with Crippen LogP contribution >= 0.6 is 0 Å². The first-order chi connectivity index (χ1) is 13.6. The second kappa shape index (κ2) is 7.90. The highest BCUT2D eigenvalue weighted by Gasteiger charge is 2.22. The molecular formula is C23H24N4O. The fourth-order valence-electron chi connectivity index (χ4n) is 3.66. The molecule has 0 saturated heterocycles. The van der Waals surface area contributed by atoms with Gasteiger partial charge in [-0.2, -0.15) is 0 Å². The highest BCUT2D eigenvalue weighted by Crippen LogP contribution is 2.23. The largest absolute Gasteiger partial charge is 0.334 e. The number of benzene rings is 1. The maximum atomic E-state index is 13.1. The van der Waals surface area contributed by atoms with Crippen LogP contribution in [0.1, 0.15) is 27.0 Å². The fourth-order valence-corrected chi connectivity index (χ4v) is 3.66. The van der Waals surface area contributed by atoms with E-state index in [0.29, 0.717) is 12.1 Å². The first-order valence-electron chi connectivity index (χ1n) is 9.51. The zero-order chi connectivity index (χ0) is 19.5. The van der Waals surface area contributed by atoms with Gasteiger partial charge in [-0.05, 0) is 55.4 Å². The molecule has 2 aromatic heterocycles. The van der Waals surface area contributed by atoms with E-state index in [-0.39, 0.29) is 5.91 Å². The number of hydrogen-bond acceptors (Lipinski definition) is 4. The number of aromatic nitrogens is 2. The topological polar surface area (TPSA) is 49.3 Å². The first-order valence-corrected chi connectivity index (χ1v) is 9.51. The van der Waals surface area contributed by atoms with Crippen LogP contribution in [0.2, 0.25) is 0 Å². The van der Waals surface area contributed by atoms with Crippen molar-refractivity contribution < 1.29 is 4.79 Å². The summed E-state index contributed by atoms with van der Waals surface area (Å²) in [6, 6.07) is 14.2. The van der Waals surface area contributed by atoms with Crippen molar-refractivity contribution in [1.29, 1.82) is 0 Å². The van der Waals surface area contributed by atoms with Gasteiger partial charge in [0.25, 0.3) is 5.91 Å². The number of carbonyl (C=O) groups is 1. The average Bonchev–Trinajstić information content (AvgIpc) is 2.73. The lowest BCUT2D eigenvalue weighted by Crippen LogP contribution is -2.36. The fraction of sp³-hybridized carbons (Fsp3) is 0.261. The van der Waals surface area contributed by atoms with Gasteiger partial charge in [-0.3, -0.25) is 14.8 Å². The molecule has 1 aromatic carbocycles. The minimum atomic E-state index is 0.0216. The third kappa shape index (κ3) is 3.94. The molecule has 0 spiro atoms. The third-order valence-corrected chi connectivity index (χ3v) is 5.01. The van der Waals surface area contributed by atoms with Crippen LogP contribution in [0.4, 0.5) is 0 Å². The Morgan fingerprint density at radius 2 is 2.00 bits per heavy atom. The summed E-state index contributed by atoms with van der Waals surface area (Å²) in [6.07, 6.45) is 6.02. The second-order valence-corrected chi connectivity index (χ2v) is 7.49. The molecule has 28 heavy (non-hydrogen) atoms. The Balaban J connectivity index is 1.52. The molecular weight excluding hydrogens is 348 g/mol. The van der Waals surface area contributed by atoms with Crippen molar-refractivity contribution in [3.8, 4) is 11.3 Å². The number of hydrogen-bond donors (Lipinski definition) is 0. The van der Waals surface area contributed by atoms with E-state index < -0.39 is 0 Å². The molecule has 0 unspecified atom stereocenters. The van der Waals surface area contributed by atoms with Gasteiger partial charge in [0.1, 0.15) is 0 Å². The number of fused-ring (bicyclic) bond motifs is 1. The van der Waals surface area contributed by atoms with Gasteiger partial charge in [-0.15, -0.1) is 0 Å². The maximum absolute atomic E-state index is 13.1. The Kier molecular flexibility index (Phi) is 5.17. The molecule has 1 amide bonds. The Morgan fingerprint density at radius 3 is 2.79 bits per heavy atom. The van der Waals surface area contributed by atoms with E-state index in [1.165, 1.54) is 16.7 Å². The summed E-state index contributed by atoms with van der Waals surface area (Å²) in [7, 11) is 4.15. The van der Waals surface area contributed by atoms with Crippen LogP contribution in [0, 0.1) is 0 Å². The standard InChI is InChI=1S/C23H24N4O/c1-26(2)15-17-6-7-19-16-27(10-8-18(19)11-17)23(28)21-12-20(13-24-14-21)22-5-3-4-9-25-22/h3-7,9,11-14H,8,10,15-16H2,1-2H3.